The molecule has 2 aromatic carbocycles. The van der Waals surface area contributed by atoms with Crippen LogP contribution in [-0.4, -0.2) is 69.9 Å². The SMILES string of the molecule is CN(C)[C@@H]1C(=O)C(C(N)=O)C(=O)[C@@]2(O)C(=O)C3C(=O)c4c(O)ccc(CC5CCC(Cc6ccccc6)CC5)c4C[C@H]3C[C@@H]12. The number of phenolic OH excluding ortho intramolecular Hbond substituents is 1. The van der Waals surface area contributed by atoms with E-state index in [-0.39, 0.29) is 17.7 Å². The lowest BCUT2D eigenvalue weighted by atomic mass is 9.52. The maximum absolute atomic E-state index is 14.0. The Balaban J connectivity index is 1.27. The van der Waals surface area contributed by atoms with Crippen molar-refractivity contribution in [1.29, 1.82) is 0 Å². The smallest absolute Gasteiger partial charge is 0.235 e. The second kappa shape index (κ2) is 11.3. The predicted molar refractivity (Wildman–Crippen MR) is 161 cm³/mol. The van der Waals surface area contributed by atoms with Gasteiger partial charge in [0.05, 0.1) is 17.5 Å². The highest BCUT2D eigenvalue weighted by atomic mass is 16.3. The summed E-state index contributed by atoms with van der Waals surface area (Å²) in [7, 11) is 3.17. The molecule has 4 N–H and O–H groups in total. The zero-order valence-electron chi connectivity index (χ0n) is 25.2. The molecule has 0 spiro atoms. The van der Waals surface area contributed by atoms with Crippen LogP contribution in [0.4, 0.5) is 0 Å². The lowest BCUT2D eigenvalue weighted by Crippen LogP contribution is -2.74. The van der Waals surface area contributed by atoms with Crippen LogP contribution in [0.2, 0.25) is 0 Å². The molecule has 4 aliphatic carbocycles. The average Bonchev–Trinajstić information content (AvgIpc) is 2.97. The quantitative estimate of drug-likeness (QED) is 0.427. The van der Waals surface area contributed by atoms with Crippen LogP contribution in [-0.2, 0) is 38.4 Å². The molecule has 4 aliphatic rings. The molecular formula is C35H40N2O7. The molecule has 1 amide bonds. The number of rotatable bonds is 6. The molecule has 6 atom stereocenters. The van der Waals surface area contributed by atoms with Crippen molar-refractivity contribution >= 4 is 29.0 Å². The number of ketones is 4. The number of hydrogen-bond donors (Lipinski definition) is 3. The number of carbonyl (C=O) groups excluding carboxylic acids is 5. The summed E-state index contributed by atoms with van der Waals surface area (Å²) < 4.78 is 0. The average molecular weight is 601 g/mol. The molecular weight excluding hydrogens is 560 g/mol. The van der Waals surface area contributed by atoms with Gasteiger partial charge in [0.1, 0.15) is 5.75 Å². The van der Waals surface area contributed by atoms with Crippen molar-refractivity contribution in [3.05, 3.63) is 64.7 Å². The molecule has 0 radical (unpaired) electrons. The molecule has 0 bridgehead atoms. The first-order valence-electron chi connectivity index (χ1n) is 15.7. The Morgan fingerprint density at radius 2 is 1.57 bits per heavy atom. The fourth-order valence-corrected chi connectivity index (χ4v) is 8.76. The minimum Gasteiger partial charge on any atom is -0.507 e. The number of nitrogens with zero attached hydrogens (tertiary/aromatic N) is 1. The number of phenols is 1. The Bertz CT molecular complexity index is 1530. The molecule has 9 heteroatoms. The largest absolute Gasteiger partial charge is 0.507 e. The normalized spacial score (nSPS) is 33.5. The lowest BCUT2D eigenvalue weighted by molar-refractivity contribution is -0.181. The number of primary amides is 1. The molecule has 2 unspecified atom stereocenters. The second-order valence-corrected chi connectivity index (χ2v) is 13.7. The molecule has 0 heterocycles. The van der Waals surface area contributed by atoms with E-state index in [2.05, 4.69) is 24.3 Å². The van der Waals surface area contributed by atoms with Gasteiger partial charge >= 0.3 is 0 Å². The third-order valence-corrected chi connectivity index (χ3v) is 10.9. The van der Waals surface area contributed by atoms with E-state index >= 15 is 0 Å². The number of benzene rings is 2. The third-order valence-electron chi connectivity index (χ3n) is 10.9. The van der Waals surface area contributed by atoms with Gasteiger partial charge in [-0.15, -0.1) is 0 Å². The van der Waals surface area contributed by atoms with Gasteiger partial charge in [-0.3, -0.25) is 28.9 Å². The number of aliphatic hydroxyl groups is 1. The summed E-state index contributed by atoms with van der Waals surface area (Å²) in [6.07, 6.45) is 6.57. The number of aromatic hydroxyl groups is 1. The summed E-state index contributed by atoms with van der Waals surface area (Å²) in [5, 5.41) is 22.6. The summed E-state index contributed by atoms with van der Waals surface area (Å²) in [6.45, 7) is 0. The van der Waals surface area contributed by atoms with Gasteiger partial charge in [0.25, 0.3) is 0 Å². The van der Waals surface area contributed by atoms with Gasteiger partial charge in [0.15, 0.2) is 34.7 Å². The minimum atomic E-state index is -2.71. The summed E-state index contributed by atoms with van der Waals surface area (Å²) in [5.41, 5.74) is 5.80. The Labute approximate surface area is 256 Å². The van der Waals surface area contributed by atoms with E-state index in [1.807, 2.05) is 12.1 Å². The Morgan fingerprint density at radius 1 is 0.932 bits per heavy atom. The topological polar surface area (TPSA) is 155 Å². The molecule has 0 aliphatic heterocycles. The van der Waals surface area contributed by atoms with Gasteiger partial charge in [-0.2, -0.15) is 0 Å². The zero-order valence-corrected chi connectivity index (χ0v) is 25.2. The van der Waals surface area contributed by atoms with Crippen LogP contribution in [0.3, 0.4) is 0 Å². The van der Waals surface area contributed by atoms with Crippen molar-refractivity contribution in [2.75, 3.05) is 14.1 Å². The Morgan fingerprint density at radius 3 is 2.18 bits per heavy atom. The molecule has 2 aromatic rings. The van der Waals surface area contributed by atoms with E-state index in [0.29, 0.717) is 23.8 Å². The Kier molecular flexibility index (Phi) is 7.82. The maximum Gasteiger partial charge on any atom is 0.235 e. The molecule has 44 heavy (non-hydrogen) atoms. The molecule has 0 saturated heterocycles. The number of hydrogen-bond acceptors (Lipinski definition) is 8. The first kappa shape index (κ1) is 30.3. The second-order valence-electron chi connectivity index (χ2n) is 13.7. The summed E-state index contributed by atoms with van der Waals surface area (Å²) >= 11 is 0. The lowest BCUT2D eigenvalue weighted by Gasteiger charge is -2.52. The number of nitrogens with two attached hydrogens (primary N) is 1. The van der Waals surface area contributed by atoms with E-state index in [1.165, 1.54) is 16.5 Å². The summed E-state index contributed by atoms with van der Waals surface area (Å²) in [5.74, 6) is -9.05. The van der Waals surface area contributed by atoms with Gasteiger partial charge < -0.3 is 15.9 Å². The maximum atomic E-state index is 14.0. The van der Waals surface area contributed by atoms with E-state index in [4.69, 9.17) is 5.73 Å². The van der Waals surface area contributed by atoms with Crippen LogP contribution in [0.15, 0.2) is 42.5 Å². The number of fused-ring (bicyclic) bond motifs is 3. The monoisotopic (exact) mass is 600 g/mol. The first-order chi connectivity index (χ1) is 20.9. The molecule has 6 rings (SSSR count). The van der Waals surface area contributed by atoms with E-state index in [1.54, 1.807) is 14.1 Å². The Hall–Kier alpha value is -3.69. The number of amides is 1. The molecule has 9 nitrogen and oxygen atoms in total. The number of Topliss-reactive ketones (excluding diaryl/α,β-unsaturated/α-hetero) is 4. The van der Waals surface area contributed by atoms with E-state index in [0.717, 1.165) is 44.1 Å². The standard InChI is InChI=1S/C35H40N2O7/c1-37(2)29-24-17-22-16-23-21(15-20-10-8-19(9-11-20)14-18-6-4-3-5-7-18)12-13-25(38)27(23)30(39)26(22)32(41)35(24,44)33(42)28(31(29)40)34(36)43/h3-7,12-13,19-20,22,24,26,28-29,38,44H,8-11,14-17H2,1-2H3,(H2,36,43)/t19?,20?,22-,24-,26?,28?,29-,35-/m0/s1. The van der Waals surface area contributed by atoms with Gasteiger partial charge in [-0.1, -0.05) is 36.4 Å². The van der Waals surface area contributed by atoms with Crippen LogP contribution in [0, 0.1) is 35.5 Å². The highest BCUT2D eigenvalue weighted by molar-refractivity contribution is 6.32. The highest BCUT2D eigenvalue weighted by Crippen LogP contribution is 2.51. The zero-order chi connectivity index (χ0) is 31.5. The van der Waals surface area contributed by atoms with Crippen molar-refractivity contribution in [2.24, 2.45) is 41.2 Å². The fourth-order valence-electron chi connectivity index (χ4n) is 8.76. The van der Waals surface area contributed by atoms with Crippen LogP contribution < -0.4 is 5.73 Å². The van der Waals surface area contributed by atoms with Crippen molar-refractivity contribution in [2.45, 2.75) is 63.0 Å². The van der Waals surface area contributed by atoms with Crippen molar-refractivity contribution in [3.8, 4) is 5.75 Å². The minimum absolute atomic E-state index is 0.0591. The molecule has 3 fully saturated rings. The van der Waals surface area contributed by atoms with Gasteiger partial charge in [-0.05, 0) is 106 Å². The van der Waals surface area contributed by atoms with Crippen molar-refractivity contribution in [1.82, 2.24) is 4.90 Å². The predicted octanol–water partition coefficient (Wildman–Crippen LogP) is 2.46. The molecule has 232 valence electrons. The summed E-state index contributed by atoms with van der Waals surface area (Å²) in [6, 6.07) is 12.8. The fraction of sp³-hybridized carbons (Fsp3) is 0.514. The van der Waals surface area contributed by atoms with Crippen LogP contribution in [0.1, 0.15) is 59.2 Å². The van der Waals surface area contributed by atoms with Crippen LogP contribution in [0.25, 0.3) is 0 Å². The van der Waals surface area contributed by atoms with Crippen molar-refractivity contribution < 1.29 is 34.2 Å². The van der Waals surface area contributed by atoms with Gasteiger partial charge in [0, 0.05) is 5.92 Å². The first-order valence-corrected chi connectivity index (χ1v) is 15.7. The van der Waals surface area contributed by atoms with Crippen LogP contribution in [0.5, 0.6) is 5.75 Å². The van der Waals surface area contributed by atoms with Gasteiger partial charge in [-0.25, -0.2) is 0 Å². The number of carbonyl (C=O) groups is 5. The van der Waals surface area contributed by atoms with Gasteiger partial charge in [0.2, 0.25) is 5.91 Å². The summed E-state index contributed by atoms with van der Waals surface area (Å²) in [4.78, 5) is 68.4. The number of likely N-dealkylation sites (N-methyl/N-ethyl adjacent to an activating group) is 1. The van der Waals surface area contributed by atoms with Crippen LogP contribution >= 0.6 is 0 Å². The van der Waals surface area contributed by atoms with E-state index < -0.39 is 64.4 Å². The van der Waals surface area contributed by atoms with Crippen molar-refractivity contribution in [3.63, 3.8) is 0 Å². The molecule has 3 saturated carbocycles. The van der Waals surface area contributed by atoms with E-state index in [9.17, 15) is 34.2 Å². The molecule has 0 aromatic heterocycles. The third kappa shape index (κ3) is 4.81. The highest BCUT2D eigenvalue weighted by Gasteiger charge is 2.69.